The Morgan fingerprint density at radius 1 is 1.25 bits per heavy atom. The molecule has 0 saturated carbocycles. The number of rotatable bonds is 3. The van der Waals surface area contributed by atoms with E-state index in [4.69, 9.17) is 17.0 Å². The summed E-state index contributed by atoms with van der Waals surface area (Å²) in [6.45, 7) is 4.43. The Labute approximate surface area is 98.7 Å². The van der Waals surface area contributed by atoms with Gasteiger partial charge in [-0.1, -0.05) is 18.2 Å². The number of nitrogens with zero attached hydrogens (tertiary/aromatic N) is 1. The van der Waals surface area contributed by atoms with Gasteiger partial charge in [0.15, 0.2) is 5.82 Å². The minimum atomic E-state index is 0.388. The van der Waals surface area contributed by atoms with Crippen LogP contribution in [0.3, 0.4) is 0 Å². The molecule has 0 atom stereocenters. The summed E-state index contributed by atoms with van der Waals surface area (Å²) in [5.74, 6) is 1.61. The molecule has 0 fully saturated rings. The average Bonchev–Trinajstić information content (AvgIpc) is 2.63. The molecular formula is C11H13N3OS. The molecule has 5 heteroatoms. The van der Waals surface area contributed by atoms with Gasteiger partial charge in [-0.25, -0.2) is 4.98 Å². The molecule has 0 radical (unpaired) electrons. The molecule has 0 spiro atoms. The number of benzene rings is 1. The summed E-state index contributed by atoms with van der Waals surface area (Å²) >= 11 is 4.86. The van der Waals surface area contributed by atoms with Crippen molar-refractivity contribution in [1.82, 2.24) is 15.2 Å². The number of aromatic amines is 2. The number of hydrogen-bond donors (Lipinski definition) is 2. The lowest BCUT2D eigenvalue weighted by molar-refractivity contribution is 0.292. The van der Waals surface area contributed by atoms with E-state index in [1.165, 1.54) is 0 Å². The fourth-order valence-electron chi connectivity index (χ4n) is 1.54. The molecule has 0 aliphatic carbocycles. The van der Waals surface area contributed by atoms with Gasteiger partial charge in [-0.15, -0.1) is 0 Å². The summed E-state index contributed by atoms with van der Waals surface area (Å²) in [5, 5.41) is 5.58. The van der Waals surface area contributed by atoms with Crippen molar-refractivity contribution < 1.29 is 4.74 Å². The van der Waals surface area contributed by atoms with Crippen LogP contribution in [0.4, 0.5) is 0 Å². The zero-order chi connectivity index (χ0) is 11.5. The van der Waals surface area contributed by atoms with Crippen molar-refractivity contribution in [3.8, 4) is 5.75 Å². The van der Waals surface area contributed by atoms with Crippen molar-refractivity contribution in [2.24, 2.45) is 0 Å². The summed E-state index contributed by atoms with van der Waals surface area (Å²) in [6, 6.07) is 6.06. The number of aromatic nitrogens is 3. The van der Waals surface area contributed by atoms with E-state index in [2.05, 4.69) is 15.2 Å². The zero-order valence-electron chi connectivity index (χ0n) is 9.20. The topological polar surface area (TPSA) is 53.7 Å². The predicted molar refractivity (Wildman–Crippen MR) is 64.0 cm³/mol. The van der Waals surface area contributed by atoms with Crippen LogP contribution in [0.25, 0.3) is 0 Å². The number of nitrogens with one attached hydrogen (secondary N) is 2. The van der Waals surface area contributed by atoms with Gasteiger partial charge < -0.3 is 4.74 Å². The third kappa shape index (κ3) is 2.30. The minimum absolute atomic E-state index is 0.388. The van der Waals surface area contributed by atoms with E-state index in [9.17, 15) is 0 Å². The molecule has 2 rings (SSSR count). The van der Waals surface area contributed by atoms with Gasteiger partial charge in [-0.05, 0) is 37.2 Å². The van der Waals surface area contributed by atoms with Crippen LogP contribution < -0.4 is 4.74 Å². The first kappa shape index (κ1) is 10.9. The van der Waals surface area contributed by atoms with Crippen molar-refractivity contribution in [1.29, 1.82) is 0 Å². The second kappa shape index (κ2) is 4.49. The fourth-order valence-corrected chi connectivity index (χ4v) is 1.70. The minimum Gasteiger partial charge on any atom is -0.485 e. The van der Waals surface area contributed by atoms with E-state index in [0.717, 1.165) is 16.9 Å². The summed E-state index contributed by atoms with van der Waals surface area (Å²) in [7, 11) is 0. The highest BCUT2D eigenvalue weighted by atomic mass is 32.1. The molecule has 0 bridgehead atoms. The quantitative estimate of drug-likeness (QED) is 0.804. The van der Waals surface area contributed by atoms with Crippen molar-refractivity contribution in [3.63, 3.8) is 0 Å². The van der Waals surface area contributed by atoms with Crippen LogP contribution in [0.15, 0.2) is 18.2 Å². The third-order valence-electron chi connectivity index (χ3n) is 2.31. The van der Waals surface area contributed by atoms with E-state index >= 15 is 0 Å². The molecular weight excluding hydrogens is 222 g/mol. The Kier molecular flexibility index (Phi) is 3.05. The van der Waals surface area contributed by atoms with Crippen molar-refractivity contribution in [2.75, 3.05) is 0 Å². The monoisotopic (exact) mass is 235 g/mol. The van der Waals surface area contributed by atoms with Crippen LogP contribution in [-0.2, 0) is 6.61 Å². The van der Waals surface area contributed by atoms with Crippen LogP contribution in [0.2, 0.25) is 0 Å². The van der Waals surface area contributed by atoms with Crippen LogP contribution in [0.1, 0.15) is 17.0 Å². The van der Waals surface area contributed by atoms with Gasteiger partial charge >= 0.3 is 0 Å². The fraction of sp³-hybridized carbons (Fsp3) is 0.273. The molecule has 2 N–H and O–H groups in total. The maximum atomic E-state index is 5.71. The number of H-pyrrole nitrogens is 2. The van der Waals surface area contributed by atoms with Gasteiger partial charge in [0.1, 0.15) is 12.4 Å². The molecule has 1 aromatic carbocycles. The second-order valence-electron chi connectivity index (χ2n) is 3.62. The molecule has 2 aromatic rings. The lowest BCUT2D eigenvalue weighted by Crippen LogP contribution is -2.00. The SMILES string of the molecule is Cc1cccc(C)c1OCc1nc(=S)[nH][nH]1. The van der Waals surface area contributed by atoms with E-state index in [1.807, 2.05) is 32.0 Å². The standard InChI is InChI=1S/C11H13N3OS/c1-7-4-3-5-8(2)10(7)15-6-9-12-11(16)14-13-9/h3-5H,6H2,1-2H3,(H2,12,13,14,16). The molecule has 1 aromatic heterocycles. The normalized spacial score (nSPS) is 10.4. The lowest BCUT2D eigenvalue weighted by atomic mass is 10.1. The van der Waals surface area contributed by atoms with Crippen LogP contribution >= 0.6 is 12.2 Å². The largest absolute Gasteiger partial charge is 0.485 e. The molecule has 84 valence electrons. The highest BCUT2D eigenvalue weighted by molar-refractivity contribution is 7.71. The molecule has 1 heterocycles. The summed E-state index contributed by atoms with van der Waals surface area (Å²) in [4.78, 5) is 4.06. The first-order valence-electron chi connectivity index (χ1n) is 4.99. The molecule has 0 unspecified atom stereocenters. The lowest BCUT2D eigenvalue weighted by Gasteiger charge is -2.10. The average molecular weight is 235 g/mol. The summed E-state index contributed by atoms with van der Waals surface area (Å²) in [5.41, 5.74) is 2.24. The number of ether oxygens (including phenoxy) is 1. The maximum Gasteiger partial charge on any atom is 0.213 e. The van der Waals surface area contributed by atoms with E-state index < -0.39 is 0 Å². The van der Waals surface area contributed by atoms with E-state index in [0.29, 0.717) is 17.2 Å². The smallest absolute Gasteiger partial charge is 0.213 e. The molecule has 16 heavy (non-hydrogen) atoms. The van der Waals surface area contributed by atoms with E-state index in [-0.39, 0.29) is 0 Å². The molecule has 0 aliphatic rings. The zero-order valence-corrected chi connectivity index (χ0v) is 10.0. The van der Waals surface area contributed by atoms with Gasteiger partial charge in [0.2, 0.25) is 4.77 Å². The number of para-hydroxylation sites is 1. The molecule has 0 saturated heterocycles. The third-order valence-corrected chi connectivity index (χ3v) is 2.51. The maximum absolute atomic E-state index is 5.71. The van der Waals surface area contributed by atoms with Crippen molar-refractivity contribution in [3.05, 3.63) is 39.9 Å². The van der Waals surface area contributed by atoms with E-state index in [1.54, 1.807) is 0 Å². The van der Waals surface area contributed by atoms with Crippen molar-refractivity contribution >= 4 is 12.2 Å². The van der Waals surface area contributed by atoms with Crippen molar-refractivity contribution in [2.45, 2.75) is 20.5 Å². The van der Waals surface area contributed by atoms with Gasteiger partial charge in [0.25, 0.3) is 0 Å². The Morgan fingerprint density at radius 3 is 2.50 bits per heavy atom. The second-order valence-corrected chi connectivity index (χ2v) is 4.01. The highest BCUT2D eigenvalue weighted by Crippen LogP contribution is 2.22. The number of aryl methyl sites for hydroxylation is 2. The first-order chi connectivity index (χ1) is 7.66. The van der Waals surface area contributed by atoms with Gasteiger partial charge in [0.05, 0.1) is 0 Å². The Bertz CT molecular complexity index is 524. The molecule has 0 amide bonds. The summed E-state index contributed by atoms with van der Waals surface area (Å²) in [6.07, 6.45) is 0. The van der Waals surface area contributed by atoms with Gasteiger partial charge in [-0.3, -0.25) is 10.2 Å². The van der Waals surface area contributed by atoms with Crippen LogP contribution in [0, 0.1) is 18.6 Å². The molecule has 4 nitrogen and oxygen atoms in total. The highest BCUT2D eigenvalue weighted by Gasteiger charge is 2.04. The van der Waals surface area contributed by atoms with Crippen LogP contribution in [0.5, 0.6) is 5.75 Å². The predicted octanol–water partition coefficient (Wildman–Crippen LogP) is 2.66. The van der Waals surface area contributed by atoms with Gasteiger partial charge in [0, 0.05) is 0 Å². The number of hydrogen-bond acceptors (Lipinski definition) is 3. The first-order valence-corrected chi connectivity index (χ1v) is 5.40. The molecule has 0 aliphatic heterocycles. The summed E-state index contributed by atoms with van der Waals surface area (Å²) < 4.78 is 6.15. The Morgan fingerprint density at radius 2 is 1.94 bits per heavy atom. The van der Waals surface area contributed by atoms with Crippen LogP contribution in [-0.4, -0.2) is 15.2 Å². The Balaban J connectivity index is 2.13. The Hall–Kier alpha value is -1.62. The van der Waals surface area contributed by atoms with Gasteiger partial charge in [-0.2, -0.15) is 0 Å².